The second-order valence-corrected chi connectivity index (χ2v) is 5.20. The molecule has 2 unspecified atom stereocenters. The van der Waals surface area contributed by atoms with Crippen molar-refractivity contribution in [1.29, 1.82) is 0 Å². The van der Waals surface area contributed by atoms with E-state index >= 15 is 0 Å². The van der Waals surface area contributed by atoms with E-state index in [9.17, 15) is 9.59 Å². The lowest BCUT2D eigenvalue weighted by atomic mass is 10.1. The number of carbonyl (C=O) groups is 2. The molecule has 0 aromatic carbocycles. The highest BCUT2D eigenvalue weighted by atomic mass is 16.2. The van der Waals surface area contributed by atoms with Crippen LogP contribution in [0.2, 0.25) is 0 Å². The Bertz CT molecular complexity index is 523. The normalized spacial score (nSPS) is 23.1. The molecule has 0 bridgehead atoms. The quantitative estimate of drug-likeness (QED) is 0.887. The maximum atomic E-state index is 12.4. The first-order chi connectivity index (χ1) is 9.47. The molecule has 110 valence electrons. The average Bonchev–Trinajstić information content (AvgIpc) is 2.79. The largest absolute Gasteiger partial charge is 0.343 e. The van der Waals surface area contributed by atoms with Crippen LogP contribution in [-0.4, -0.2) is 38.6 Å². The van der Waals surface area contributed by atoms with E-state index in [1.165, 1.54) is 0 Å². The van der Waals surface area contributed by atoms with Crippen molar-refractivity contribution >= 4 is 11.8 Å². The molecule has 1 saturated heterocycles. The number of rotatable bonds is 4. The molecule has 20 heavy (non-hydrogen) atoms. The van der Waals surface area contributed by atoms with Crippen LogP contribution >= 0.6 is 0 Å². The van der Waals surface area contributed by atoms with Crippen LogP contribution < -0.4 is 5.32 Å². The number of nitrogens with one attached hydrogen (secondary N) is 1. The standard InChI is InChI=1S/C14H22N4O2/c1-5-12-14(20)17(10(4)13(19)15-12)8-11-7-9(3)16-18(11)6-2/h7,10,12H,5-6,8H2,1-4H3,(H,15,19). The van der Waals surface area contributed by atoms with Gasteiger partial charge >= 0.3 is 0 Å². The Balaban J connectivity index is 2.25. The molecule has 1 fully saturated rings. The second kappa shape index (κ2) is 5.64. The number of amides is 2. The lowest BCUT2D eigenvalue weighted by Gasteiger charge is -2.37. The molecular formula is C14H22N4O2. The third kappa shape index (κ3) is 2.55. The first-order valence-electron chi connectivity index (χ1n) is 7.12. The molecule has 1 aromatic rings. The molecule has 0 aliphatic carbocycles. The number of aryl methyl sites for hydroxylation is 2. The third-order valence-corrected chi connectivity index (χ3v) is 3.77. The number of hydrogen-bond acceptors (Lipinski definition) is 3. The monoisotopic (exact) mass is 278 g/mol. The van der Waals surface area contributed by atoms with Crippen LogP contribution in [0.15, 0.2) is 6.07 Å². The van der Waals surface area contributed by atoms with Crippen molar-refractivity contribution in [2.75, 3.05) is 0 Å². The number of hydrogen-bond donors (Lipinski definition) is 1. The van der Waals surface area contributed by atoms with E-state index in [-0.39, 0.29) is 11.8 Å². The summed E-state index contributed by atoms with van der Waals surface area (Å²) in [6.07, 6.45) is 0.611. The van der Waals surface area contributed by atoms with Gasteiger partial charge in [0.1, 0.15) is 12.1 Å². The Labute approximate surface area is 119 Å². The molecule has 1 aliphatic heterocycles. The molecule has 2 atom stereocenters. The Morgan fingerprint density at radius 3 is 2.65 bits per heavy atom. The molecule has 0 radical (unpaired) electrons. The predicted molar refractivity (Wildman–Crippen MR) is 74.9 cm³/mol. The molecule has 6 heteroatoms. The maximum Gasteiger partial charge on any atom is 0.246 e. The first kappa shape index (κ1) is 14.6. The highest BCUT2D eigenvalue weighted by molar-refractivity contribution is 5.96. The van der Waals surface area contributed by atoms with E-state index in [0.29, 0.717) is 13.0 Å². The van der Waals surface area contributed by atoms with Crippen LogP contribution in [0.25, 0.3) is 0 Å². The molecular weight excluding hydrogens is 256 g/mol. The molecule has 2 amide bonds. The summed E-state index contributed by atoms with van der Waals surface area (Å²) in [4.78, 5) is 26.0. The van der Waals surface area contributed by atoms with E-state index in [2.05, 4.69) is 10.4 Å². The number of aromatic nitrogens is 2. The Hall–Kier alpha value is -1.85. The van der Waals surface area contributed by atoms with Crippen LogP contribution in [0.4, 0.5) is 0 Å². The topological polar surface area (TPSA) is 67.2 Å². The molecule has 6 nitrogen and oxygen atoms in total. The highest BCUT2D eigenvalue weighted by Crippen LogP contribution is 2.16. The van der Waals surface area contributed by atoms with Gasteiger partial charge in [-0.1, -0.05) is 6.92 Å². The summed E-state index contributed by atoms with van der Waals surface area (Å²) in [6, 6.07) is 1.13. The molecule has 1 aromatic heterocycles. The molecule has 1 N–H and O–H groups in total. The minimum atomic E-state index is -0.439. The van der Waals surface area contributed by atoms with Gasteiger partial charge in [-0.3, -0.25) is 14.3 Å². The average molecular weight is 278 g/mol. The third-order valence-electron chi connectivity index (χ3n) is 3.77. The van der Waals surface area contributed by atoms with Crippen molar-refractivity contribution < 1.29 is 9.59 Å². The number of carbonyl (C=O) groups excluding carboxylic acids is 2. The predicted octanol–water partition coefficient (Wildman–Crippen LogP) is 0.837. The molecule has 0 saturated carbocycles. The van der Waals surface area contributed by atoms with E-state index in [1.807, 2.05) is 31.5 Å². The summed E-state index contributed by atoms with van der Waals surface area (Å²) in [7, 11) is 0. The lowest BCUT2D eigenvalue weighted by molar-refractivity contribution is -0.149. The Morgan fingerprint density at radius 1 is 1.35 bits per heavy atom. The van der Waals surface area contributed by atoms with Crippen molar-refractivity contribution in [3.63, 3.8) is 0 Å². The van der Waals surface area contributed by atoms with Gasteiger partial charge in [-0.25, -0.2) is 0 Å². The van der Waals surface area contributed by atoms with Crippen molar-refractivity contribution in [2.24, 2.45) is 0 Å². The van der Waals surface area contributed by atoms with E-state index in [0.717, 1.165) is 17.9 Å². The van der Waals surface area contributed by atoms with E-state index < -0.39 is 12.1 Å². The van der Waals surface area contributed by atoms with Crippen LogP contribution in [0.3, 0.4) is 0 Å². The molecule has 0 spiro atoms. The lowest BCUT2D eigenvalue weighted by Crippen LogP contribution is -2.61. The second-order valence-electron chi connectivity index (χ2n) is 5.20. The zero-order valence-corrected chi connectivity index (χ0v) is 12.5. The van der Waals surface area contributed by atoms with E-state index in [1.54, 1.807) is 11.8 Å². The summed E-state index contributed by atoms with van der Waals surface area (Å²) >= 11 is 0. The number of piperazine rings is 1. The Kier molecular flexibility index (Phi) is 4.11. The summed E-state index contributed by atoms with van der Waals surface area (Å²) < 4.78 is 1.88. The zero-order valence-electron chi connectivity index (χ0n) is 12.5. The van der Waals surface area contributed by atoms with E-state index in [4.69, 9.17) is 0 Å². The first-order valence-corrected chi connectivity index (χ1v) is 7.12. The van der Waals surface area contributed by atoms with Crippen molar-refractivity contribution in [2.45, 2.75) is 59.3 Å². The van der Waals surface area contributed by atoms with Gasteiger partial charge < -0.3 is 10.2 Å². The maximum absolute atomic E-state index is 12.4. The highest BCUT2D eigenvalue weighted by Gasteiger charge is 2.37. The fourth-order valence-electron chi connectivity index (χ4n) is 2.55. The van der Waals surface area contributed by atoms with Gasteiger partial charge in [0.25, 0.3) is 0 Å². The summed E-state index contributed by atoms with van der Waals surface area (Å²) in [5, 5.41) is 7.14. The minimum absolute atomic E-state index is 0.0129. The fourth-order valence-corrected chi connectivity index (χ4v) is 2.55. The van der Waals surface area contributed by atoms with Gasteiger partial charge in [0.05, 0.1) is 17.9 Å². The van der Waals surface area contributed by atoms with Gasteiger partial charge in [0, 0.05) is 6.54 Å². The van der Waals surface area contributed by atoms with Crippen LogP contribution in [0.5, 0.6) is 0 Å². The fraction of sp³-hybridized carbons (Fsp3) is 0.643. The zero-order chi connectivity index (χ0) is 14.9. The SMILES string of the molecule is CCC1NC(=O)C(C)N(Cc2cc(C)nn2CC)C1=O. The van der Waals surface area contributed by atoms with Crippen LogP contribution in [-0.2, 0) is 22.7 Å². The van der Waals surface area contributed by atoms with Gasteiger partial charge in [-0.05, 0) is 33.3 Å². The van der Waals surface area contributed by atoms with Crippen molar-refractivity contribution in [3.8, 4) is 0 Å². The van der Waals surface area contributed by atoms with Crippen molar-refractivity contribution in [3.05, 3.63) is 17.5 Å². The van der Waals surface area contributed by atoms with Gasteiger partial charge in [-0.15, -0.1) is 0 Å². The summed E-state index contributed by atoms with van der Waals surface area (Å²) in [5.41, 5.74) is 1.89. The van der Waals surface area contributed by atoms with Crippen molar-refractivity contribution in [1.82, 2.24) is 20.0 Å². The molecule has 2 heterocycles. The molecule has 2 rings (SSSR count). The van der Waals surface area contributed by atoms with Gasteiger partial charge in [-0.2, -0.15) is 5.10 Å². The Morgan fingerprint density at radius 2 is 2.05 bits per heavy atom. The van der Waals surface area contributed by atoms with Crippen LogP contribution in [0.1, 0.15) is 38.6 Å². The summed E-state index contributed by atoms with van der Waals surface area (Å²) in [5.74, 6) is -0.100. The van der Waals surface area contributed by atoms with Gasteiger partial charge in [0.15, 0.2) is 0 Å². The number of nitrogens with zero attached hydrogens (tertiary/aromatic N) is 3. The van der Waals surface area contributed by atoms with Gasteiger partial charge in [0.2, 0.25) is 11.8 Å². The molecule has 1 aliphatic rings. The smallest absolute Gasteiger partial charge is 0.246 e. The van der Waals surface area contributed by atoms with Crippen LogP contribution in [0, 0.1) is 6.92 Å². The summed E-state index contributed by atoms with van der Waals surface area (Å²) in [6.45, 7) is 8.79. The minimum Gasteiger partial charge on any atom is -0.343 e.